The van der Waals surface area contributed by atoms with Crippen LogP contribution < -0.4 is 0 Å². The second-order valence-electron chi connectivity index (χ2n) is 7.16. The monoisotopic (exact) mass is 286 g/mol. The summed E-state index contributed by atoms with van der Waals surface area (Å²) in [6, 6.07) is 0. The van der Waals surface area contributed by atoms with Gasteiger partial charge in [-0.1, -0.05) is 34.6 Å². The molecule has 0 unspecified atom stereocenters. The molecule has 0 heterocycles. The highest BCUT2D eigenvalue weighted by Gasteiger charge is 2.37. The third kappa shape index (κ3) is 7.51. The third-order valence-corrected chi connectivity index (χ3v) is 2.91. The van der Waals surface area contributed by atoms with Crippen molar-refractivity contribution in [2.24, 2.45) is 16.7 Å². The molecule has 0 amide bonds. The second-order valence-corrected chi connectivity index (χ2v) is 7.16. The molecule has 0 aliphatic heterocycles. The minimum Gasteiger partial charge on any atom is -0.465 e. The summed E-state index contributed by atoms with van der Waals surface area (Å²) in [4.78, 5) is 24.0. The van der Waals surface area contributed by atoms with E-state index in [1.165, 1.54) is 0 Å². The van der Waals surface area contributed by atoms with Crippen LogP contribution in [0.4, 0.5) is 0 Å². The smallest absolute Gasteiger partial charge is 0.320 e. The van der Waals surface area contributed by atoms with Crippen LogP contribution in [0, 0.1) is 16.7 Å². The lowest BCUT2D eigenvalue weighted by molar-refractivity contribution is -0.163. The molecule has 0 rings (SSSR count). The number of hydrogen-bond donors (Lipinski definition) is 0. The van der Waals surface area contributed by atoms with E-state index in [2.05, 4.69) is 34.6 Å². The Kier molecular flexibility index (Phi) is 7.25. The lowest BCUT2D eigenvalue weighted by atomic mass is 9.72. The first-order chi connectivity index (χ1) is 9.02. The number of carbonyl (C=O) groups excluding carboxylic acids is 2. The highest BCUT2D eigenvalue weighted by molar-refractivity contribution is 5.94. The summed E-state index contributed by atoms with van der Waals surface area (Å²) in [5.41, 5.74) is -0.000187. The minimum absolute atomic E-state index is 0.136. The maximum absolute atomic E-state index is 12.0. The highest BCUT2D eigenvalue weighted by Crippen LogP contribution is 2.38. The van der Waals surface area contributed by atoms with Gasteiger partial charge in [-0.25, -0.2) is 0 Å². The summed E-state index contributed by atoms with van der Waals surface area (Å²) in [6.07, 6.45) is 1.36. The van der Waals surface area contributed by atoms with E-state index in [1.807, 2.05) is 0 Å². The van der Waals surface area contributed by atoms with Gasteiger partial charge in [-0.2, -0.15) is 0 Å². The Morgan fingerprint density at radius 1 is 0.900 bits per heavy atom. The Morgan fingerprint density at radius 3 is 1.60 bits per heavy atom. The summed E-state index contributed by atoms with van der Waals surface area (Å²) < 4.78 is 10.0. The van der Waals surface area contributed by atoms with Gasteiger partial charge < -0.3 is 9.47 Å². The molecule has 0 aromatic heterocycles. The topological polar surface area (TPSA) is 52.6 Å². The van der Waals surface area contributed by atoms with Crippen LogP contribution in [-0.4, -0.2) is 25.2 Å². The Labute approximate surface area is 123 Å². The van der Waals surface area contributed by atoms with Crippen LogP contribution in [0.1, 0.15) is 61.3 Å². The molecule has 0 aromatic rings. The zero-order valence-corrected chi connectivity index (χ0v) is 14.0. The van der Waals surface area contributed by atoms with Crippen molar-refractivity contribution in [3.05, 3.63) is 0 Å². The normalized spacial score (nSPS) is 12.4. The first-order valence-electron chi connectivity index (χ1n) is 7.35. The van der Waals surface area contributed by atoms with Crippen LogP contribution in [0.5, 0.6) is 0 Å². The number of rotatable bonds is 7. The van der Waals surface area contributed by atoms with Crippen molar-refractivity contribution in [3.63, 3.8) is 0 Å². The van der Waals surface area contributed by atoms with Crippen molar-refractivity contribution in [1.82, 2.24) is 0 Å². The molecular weight excluding hydrogens is 256 g/mol. The standard InChI is InChI=1S/C16H30O4/c1-8-19-13(17)12(14(18)20-9-2)10-16(6,7)11-15(3,4)5/h12H,8-11H2,1-7H3. The lowest BCUT2D eigenvalue weighted by Crippen LogP contribution is -2.34. The fourth-order valence-electron chi connectivity index (χ4n) is 2.81. The number of esters is 2. The number of hydrogen-bond acceptors (Lipinski definition) is 4. The molecular formula is C16H30O4. The van der Waals surface area contributed by atoms with E-state index >= 15 is 0 Å². The minimum atomic E-state index is -0.827. The number of carbonyl (C=O) groups is 2. The molecule has 0 aromatic carbocycles. The van der Waals surface area contributed by atoms with E-state index in [9.17, 15) is 9.59 Å². The summed E-state index contributed by atoms with van der Waals surface area (Å²) in [5, 5.41) is 0. The number of ether oxygens (including phenoxy) is 2. The predicted molar refractivity (Wildman–Crippen MR) is 79.2 cm³/mol. The van der Waals surface area contributed by atoms with Gasteiger partial charge in [0, 0.05) is 0 Å². The van der Waals surface area contributed by atoms with Crippen LogP contribution in [0.15, 0.2) is 0 Å². The predicted octanol–water partition coefficient (Wildman–Crippen LogP) is 3.58. The molecule has 4 heteroatoms. The van der Waals surface area contributed by atoms with Gasteiger partial charge in [-0.05, 0) is 37.5 Å². The van der Waals surface area contributed by atoms with Crippen LogP contribution in [0.2, 0.25) is 0 Å². The van der Waals surface area contributed by atoms with E-state index in [4.69, 9.17) is 9.47 Å². The van der Waals surface area contributed by atoms with E-state index in [0.717, 1.165) is 6.42 Å². The van der Waals surface area contributed by atoms with Gasteiger partial charge >= 0.3 is 11.9 Å². The molecule has 0 atom stereocenters. The maximum Gasteiger partial charge on any atom is 0.320 e. The fraction of sp³-hybridized carbons (Fsp3) is 0.875. The highest BCUT2D eigenvalue weighted by atomic mass is 16.6. The molecule has 0 fully saturated rings. The van der Waals surface area contributed by atoms with Crippen LogP contribution >= 0.6 is 0 Å². The lowest BCUT2D eigenvalue weighted by Gasteiger charge is -2.34. The Balaban J connectivity index is 4.96. The van der Waals surface area contributed by atoms with E-state index in [-0.39, 0.29) is 24.0 Å². The molecule has 20 heavy (non-hydrogen) atoms. The first kappa shape index (κ1) is 18.9. The van der Waals surface area contributed by atoms with Crippen LogP contribution in [0.25, 0.3) is 0 Å². The van der Waals surface area contributed by atoms with Gasteiger partial charge in [-0.15, -0.1) is 0 Å². The van der Waals surface area contributed by atoms with Gasteiger partial charge in [0.1, 0.15) is 0 Å². The second kappa shape index (κ2) is 7.65. The molecule has 0 N–H and O–H groups in total. The average molecular weight is 286 g/mol. The molecule has 0 saturated carbocycles. The quantitative estimate of drug-likeness (QED) is 0.530. The van der Waals surface area contributed by atoms with Gasteiger partial charge in [-0.3, -0.25) is 9.59 Å². The van der Waals surface area contributed by atoms with Crippen molar-refractivity contribution >= 4 is 11.9 Å². The molecule has 4 nitrogen and oxygen atoms in total. The zero-order chi connectivity index (χ0) is 16.0. The maximum atomic E-state index is 12.0. The largest absolute Gasteiger partial charge is 0.465 e. The van der Waals surface area contributed by atoms with Gasteiger partial charge in [0.2, 0.25) is 0 Å². The Hall–Kier alpha value is -1.06. The van der Waals surface area contributed by atoms with E-state index in [0.29, 0.717) is 6.42 Å². The van der Waals surface area contributed by atoms with Gasteiger partial charge in [0.05, 0.1) is 13.2 Å². The summed E-state index contributed by atoms with van der Waals surface area (Å²) >= 11 is 0. The third-order valence-electron chi connectivity index (χ3n) is 2.91. The van der Waals surface area contributed by atoms with Gasteiger partial charge in [0.15, 0.2) is 5.92 Å². The first-order valence-corrected chi connectivity index (χ1v) is 7.35. The van der Waals surface area contributed by atoms with Crippen molar-refractivity contribution in [2.75, 3.05) is 13.2 Å². The van der Waals surface area contributed by atoms with Crippen LogP contribution in [-0.2, 0) is 19.1 Å². The zero-order valence-electron chi connectivity index (χ0n) is 14.0. The fourth-order valence-corrected chi connectivity index (χ4v) is 2.81. The SMILES string of the molecule is CCOC(=O)C(CC(C)(C)CC(C)(C)C)C(=O)OCC. The molecule has 0 bridgehead atoms. The molecule has 118 valence electrons. The summed E-state index contributed by atoms with van der Waals surface area (Å²) in [7, 11) is 0. The molecule has 0 spiro atoms. The van der Waals surface area contributed by atoms with Crippen molar-refractivity contribution in [1.29, 1.82) is 0 Å². The Morgan fingerprint density at radius 2 is 1.30 bits per heavy atom. The van der Waals surface area contributed by atoms with Crippen molar-refractivity contribution in [3.8, 4) is 0 Å². The van der Waals surface area contributed by atoms with Crippen molar-refractivity contribution in [2.45, 2.75) is 61.3 Å². The molecule has 0 aliphatic rings. The Bertz CT molecular complexity index is 308. The summed E-state index contributed by atoms with van der Waals surface area (Å²) in [6.45, 7) is 14.6. The van der Waals surface area contributed by atoms with Crippen LogP contribution in [0.3, 0.4) is 0 Å². The summed E-state index contributed by atoms with van der Waals surface area (Å²) in [5.74, 6) is -1.78. The van der Waals surface area contributed by atoms with E-state index in [1.54, 1.807) is 13.8 Å². The van der Waals surface area contributed by atoms with E-state index < -0.39 is 17.9 Å². The molecule has 0 radical (unpaired) electrons. The molecule has 0 saturated heterocycles. The van der Waals surface area contributed by atoms with Crippen molar-refractivity contribution < 1.29 is 19.1 Å². The average Bonchev–Trinajstić information content (AvgIpc) is 2.23. The van der Waals surface area contributed by atoms with Gasteiger partial charge in [0.25, 0.3) is 0 Å². The molecule has 0 aliphatic carbocycles.